The van der Waals surface area contributed by atoms with Crippen LogP contribution in [0.1, 0.15) is 0 Å². The molecule has 0 atom stereocenters. The molecular formula is C54H48Ge2N2. The van der Waals surface area contributed by atoms with Crippen LogP contribution >= 0.6 is 0 Å². The Kier molecular flexibility index (Phi) is 8.92. The maximum atomic E-state index is 2.47. The van der Waals surface area contributed by atoms with Crippen molar-refractivity contribution in [2.75, 3.05) is 9.80 Å². The van der Waals surface area contributed by atoms with Gasteiger partial charge in [0.15, 0.2) is 0 Å². The molecule has 2 nitrogen and oxygen atoms in total. The van der Waals surface area contributed by atoms with Crippen molar-refractivity contribution in [3.8, 4) is 0 Å². The summed E-state index contributed by atoms with van der Waals surface area (Å²) in [6.07, 6.45) is 0. The monoisotopic (exact) mass is 872 g/mol. The summed E-state index contributed by atoms with van der Waals surface area (Å²) in [6, 6.07) is 68.5. The summed E-state index contributed by atoms with van der Waals surface area (Å²) < 4.78 is 3.07. The molecule has 0 fully saturated rings. The maximum absolute atomic E-state index is 2.47. The fourth-order valence-electron chi connectivity index (χ4n) is 8.85. The van der Waals surface area contributed by atoms with Gasteiger partial charge in [0.1, 0.15) is 0 Å². The quantitative estimate of drug-likeness (QED) is 0.111. The van der Waals surface area contributed by atoms with Crippen molar-refractivity contribution in [2.45, 2.75) is 34.5 Å². The van der Waals surface area contributed by atoms with Crippen molar-refractivity contribution in [1.82, 2.24) is 0 Å². The Morgan fingerprint density at radius 3 is 1.03 bits per heavy atom. The van der Waals surface area contributed by atoms with Crippen molar-refractivity contribution in [1.29, 1.82) is 0 Å². The van der Waals surface area contributed by atoms with Crippen molar-refractivity contribution < 1.29 is 0 Å². The summed E-state index contributed by atoms with van der Waals surface area (Å²) in [5.41, 5.74) is 6.94. The van der Waals surface area contributed by atoms with Crippen LogP contribution in [0.5, 0.6) is 0 Å². The first-order valence-electron chi connectivity index (χ1n) is 20.5. The minimum absolute atomic E-state index is 1.14. The molecule has 0 aliphatic heterocycles. The van der Waals surface area contributed by atoms with E-state index in [9.17, 15) is 0 Å². The van der Waals surface area contributed by atoms with Gasteiger partial charge in [-0.25, -0.2) is 0 Å². The first-order valence-corrected chi connectivity index (χ1v) is 35.2. The Morgan fingerprint density at radius 2 is 0.638 bits per heavy atom. The molecule has 0 heterocycles. The van der Waals surface area contributed by atoms with Gasteiger partial charge in [-0.1, -0.05) is 0 Å². The van der Waals surface area contributed by atoms with Crippen LogP contribution in [0.3, 0.4) is 0 Å². The Morgan fingerprint density at radius 1 is 0.293 bits per heavy atom. The van der Waals surface area contributed by atoms with Gasteiger partial charge in [-0.2, -0.15) is 0 Å². The van der Waals surface area contributed by atoms with E-state index in [1.54, 1.807) is 0 Å². The van der Waals surface area contributed by atoms with E-state index in [0.717, 1.165) is 22.7 Å². The number of fused-ring (bicyclic) bond motifs is 2. The molecule has 58 heavy (non-hydrogen) atoms. The number of nitrogens with zero attached hydrogens (tertiary/aromatic N) is 2. The van der Waals surface area contributed by atoms with E-state index >= 15 is 0 Å². The number of benzene rings is 10. The normalized spacial score (nSPS) is 12.3. The standard InChI is InChI=1S/C54H48Ge2N2/c1-55(2,3)43-25-17-41-35-47(27-19-39(41)33-43)57(45-13-9-7-10-14-45)51-31-23-37-22-30-50-52(32-24-38-21-29-49(51)53(37)54(38)50)58(46-15-11-8-12-16-46)48-28-20-40-34-44(56(4,5)6)26-18-42(40)36-48/h7-36H,1-6H3. The Bertz CT molecular complexity index is 2930. The first-order chi connectivity index (χ1) is 28.0. The fraction of sp³-hybridized carbons (Fsp3) is 0.111. The molecule has 10 aromatic rings. The predicted octanol–water partition coefficient (Wildman–Crippen LogP) is 14.9. The van der Waals surface area contributed by atoms with E-state index in [-0.39, 0.29) is 0 Å². The zero-order valence-electron chi connectivity index (χ0n) is 34.2. The third-order valence-electron chi connectivity index (χ3n) is 12.0. The number of para-hydroxylation sites is 2. The molecule has 0 aliphatic rings. The van der Waals surface area contributed by atoms with Crippen molar-refractivity contribution in [2.24, 2.45) is 0 Å². The van der Waals surface area contributed by atoms with Crippen LogP contribution in [0.4, 0.5) is 34.1 Å². The van der Waals surface area contributed by atoms with Gasteiger partial charge in [0.2, 0.25) is 0 Å². The minimum atomic E-state index is -1.97. The van der Waals surface area contributed by atoms with E-state index in [4.69, 9.17) is 0 Å². The molecule has 0 bridgehead atoms. The first kappa shape index (κ1) is 36.8. The van der Waals surface area contributed by atoms with Crippen LogP contribution < -0.4 is 18.6 Å². The van der Waals surface area contributed by atoms with Gasteiger partial charge < -0.3 is 0 Å². The molecule has 0 spiro atoms. The second-order valence-corrected chi connectivity index (χ2v) is 39.2. The van der Waals surface area contributed by atoms with Gasteiger partial charge in [0.05, 0.1) is 0 Å². The van der Waals surface area contributed by atoms with Gasteiger partial charge >= 0.3 is 350 Å². The molecule has 0 aromatic heterocycles. The number of anilines is 6. The average molecular weight is 870 g/mol. The van der Waals surface area contributed by atoms with Crippen LogP contribution in [-0.2, 0) is 0 Å². The molecule has 4 heteroatoms. The molecule has 10 rings (SSSR count). The average Bonchev–Trinajstić information content (AvgIpc) is 3.23. The van der Waals surface area contributed by atoms with Gasteiger partial charge in [0.25, 0.3) is 0 Å². The molecule has 282 valence electrons. The van der Waals surface area contributed by atoms with Gasteiger partial charge in [-0.05, 0) is 0 Å². The molecule has 0 radical (unpaired) electrons. The summed E-state index contributed by atoms with van der Waals surface area (Å²) in [6.45, 7) is 0. The molecule has 0 saturated heterocycles. The van der Waals surface area contributed by atoms with Crippen LogP contribution in [0.15, 0.2) is 182 Å². The number of rotatable bonds is 8. The van der Waals surface area contributed by atoms with E-state index in [1.165, 1.54) is 74.0 Å². The summed E-state index contributed by atoms with van der Waals surface area (Å²) in [5.74, 6) is 14.8. The molecule has 0 unspecified atom stereocenters. The zero-order chi connectivity index (χ0) is 39.8. The molecule has 0 N–H and O–H groups in total. The zero-order valence-corrected chi connectivity index (χ0v) is 38.4. The number of hydrogen-bond acceptors (Lipinski definition) is 2. The van der Waals surface area contributed by atoms with E-state index in [0.29, 0.717) is 0 Å². The summed E-state index contributed by atoms with van der Waals surface area (Å²) in [5, 5.41) is 12.7. The predicted molar refractivity (Wildman–Crippen MR) is 260 cm³/mol. The molecule has 0 aliphatic carbocycles. The number of hydrogen-bond donors (Lipinski definition) is 0. The second kappa shape index (κ2) is 14.1. The van der Waals surface area contributed by atoms with Crippen LogP contribution in [0.25, 0.3) is 53.9 Å². The fourth-order valence-corrected chi connectivity index (χ4v) is 13.8. The van der Waals surface area contributed by atoms with Gasteiger partial charge in [-0.15, -0.1) is 0 Å². The van der Waals surface area contributed by atoms with E-state index in [1.807, 2.05) is 0 Å². The second-order valence-electron chi connectivity index (χ2n) is 17.9. The van der Waals surface area contributed by atoms with Crippen LogP contribution in [0, 0.1) is 0 Å². The summed E-state index contributed by atoms with van der Waals surface area (Å²) >= 11 is -3.94. The Balaban J connectivity index is 1.17. The molecule has 0 saturated carbocycles. The molecule has 10 aromatic carbocycles. The van der Waals surface area contributed by atoms with E-state index in [2.05, 4.69) is 226 Å². The van der Waals surface area contributed by atoms with Crippen molar-refractivity contribution in [3.05, 3.63) is 182 Å². The third-order valence-corrected chi connectivity index (χ3v) is 20.6. The SMILES string of the molecule is [CH3][Ge]([CH3])([CH3])[c]1ccc2cc(N(c3ccccc3)c3ccc4ccc5c(N(c6ccccc6)c6ccc7c[c]([Ge]([CH3])([CH3])[CH3])ccc7c6)ccc6ccc3c4c65)ccc2c1. The summed E-state index contributed by atoms with van der Waals surface area (Å²) in [4.78, 5) is 4.89. The third kappa shape index (κ3) is 6.43. The van der Waals surface area contributed by atoms with Crippen molar-refractivity contribution in [3.63, 3.8) is 0 Å². The Labute approximate surface area is 347 Å². The van der Waals surface area contributed by atoms with E-state index < -0.39 is 26.5 Å². The summed E-state index contributed by atoms with van der Waals surface area (Å²) in [7, 11) is 0. The van der Waals surface area contributed by atoms with Crippen LogP contribution in [0.2, 0.25) is 34.5 Å². The topological polar surface area (TPSA) is 6.48 Å². The van der Waals surface area contributed by atoms with Crippen molar-refractivity contribution >= 4 is 123 Å². The Hall–Kier alpha value is -5.55. The molecular weight excluding hydrogens is 822 g/mol. The van der Waals surface area contributed by atoms with Crippen LogP contribution in [-0.4, -0.2) is 26.5 Å². The molecule has 0 amide bonds. The van der Waals surface area contributed by atoms with Gasteiger partial charge in [0, 0.05) is 0 Å². The van der Waals surface area contributed by atoms with Gasteiger partial charge in [-0.3, -0.25) is 0 Å².